The van der Waals surface area contributed by atoms with Gasteiger partial charge in [0.25, 0.3) is 5.91 Å². The molecule has 3 rings (SSSR count). The first-order chi connectivity index (χ1) is 13.4. The maximum atomic E-state index is 12.9. The minimum absolute atomic E-state index is 0.0750. The number of rotatable bonds is 5. The maximum absolute atomic E-state index is 12.9. The van der Waals surface area contributed by atoms with E-state index in [9.17, 15) is 14.0 Å². The molecule has 2 N–H and O–H groups in total. The Bertz CT molecular complexity index is 1000. The molecular weight excluding hydrogens is 379 g/mol. The van der Waals surface area contributed by atoms with Gasteiger partial charge in [0.15, 0.2) is 5.16 Å². The lowest BCUT2D eigenvalue weighted by Crippen LogP contribution is -2.42. The zero-order valence-electron chi connectivity index (χ0n) is 15.4. The van der Waals surface area contributed by atoms with Crippen LogP contribution in [0, 0.1) is 19.7 Å². The van der Waals surface area contributed by atoms with Gasteiger partial charge in [0.2, 0.25) is 5.91 Å². The van der Waals surface area contributed by atoms with Crippen molar-refractivity contribution in [2.75, 3.05) is 5.75 Å². The summed E-state index contributed by atoms with van der Waals surface area (Å²) in [6.07, 6.45) is 3.51. The Morgan fingerprint density at radius 3 is 2.54 bits per heavy atom. The Balaban J connectivity index is 1.55. The molecule has 0 bridgehead atoms. The smallest absolute Gasteiger partial charge is 0.269 e. The average Bonchev–Trinajstić information content (AvgIpc) is 3.16. The molecule has 0 unspecified atom stereocenters. The molecule has 0 aliphatic rings. The highest BCUT2D eigenvalue weighted by molar-refractivity contribution is 7.99. The third-order valence-electron chi connectivity index (χ3n) is 4.13. The van der Waals surface area contributed by atoms with Gasteiger partial charge < -0.3 is 0 Å². The fourth-order valence-electron chi connectivity index (χ4n) is 2.43. The van der Waals surface area contributed by atoms with Gasteiger partial charge in [-0.15, -0.1) is 0 Å². The number of thioether (sulfide) groups is 1. The molecular formula is C20H19FN4O2S. The van der Waals surface area contributed by atoms with Crippen LogP contribution >= 0.6 is 11.8 Å². The van der Waals surface area contributed by atoms with Crippen LogP contribution in [0.15, 0.2) is 60.0 Å². The predicted octanol–water partition coefficient (Wildman–Crippen LogP) is 3.18. The zero-order valence-corrected chi connectivity index (χ0v) is 16.2. The standard InChI is InChI=1S/C20H19FN4O2S/c1-13-3-8-17(11-14(13)2)25-10-9-22-20(25)28-12-18(26)23-24-19(27)15-4-6-16(21)7-5-15/h3-11H,12H2,1-2H3,(H,23,26)(H,24,27). The molecule has 1 aromatic heterocycles. The third-order valence-corrected chi connectivity index (χ3v) is 5.10. The summed E-state index contributed by atoms with van der Waals surface area (Å²) >= 11 is 1.26. The van der Waals surface area contributed by atoms with Gasteiger partial charge in [0.05, 0.1) is 5.75 Å². The first-order valence-electron chi connectivity index (χ1n) is 8.52. The highest BCUT2D eigenvalue weighted by Crippen LogP contribution is 2.21. The monoisotopic (exact) mass is 398 g/mol. The second-order valence-electron chi connectivity index (χ2n) is 6.15. The Morgan fingerprint density at radius 1 is 1.07 bits per heavy atom. The lowest BCUT2D eigenvalue weighted by atomic mass is 10.1. The molecule has 0 fully saturated rings. The number of imidazole rings is 1. The fourth-order valence-corrected chi connectivity index (χ4v) is 3.21. The lowest BCUT2D eigenvalue weighted by Gasteiger charge is -2.10. The molecule has 0 atom stereocenters. The van der Waals surface area contributed by atoms with Crippen molar-refractivity contribution in [2.45, 2.75) is 19.0 Å². The summed E-state index contributed by atoms with van der Waals surface area (Å²) in [4.78, 5) is 28.2. The minimum Gasteiger partial charge on any atom is -0.295 e. The van der Waals surface area contributed by atoms with Gasteiger partial charge in [-0.2, -0.15) is 0 Å². The van der Waals surface area contributed by atoms with Crippen LogP contribution in [-0.4, -0.2) is 27.1 Å². The number of hydrazine groups is 1. The molecule has 144 valence electrons. The van der Waals surface area contributed by atoms with E-state index in [1.807, 2.05) is 36.7 Å². The molecule has 6 nitrogen and oxygen atoms in total. The number of nitrogens with one attached hydrogen (secondary N) is 2. The van der Waals surface area contributed by atoms with E-state index in [1.54, 1.807) is 6.20 Å². The van der Waals surface area contributed by atoms with Crippen molar-refractivity contribution in [2.24, 2.45) is 0 Å². The summed E-state index contributed by atoms with van der Waals surface area (Å²) in [5.74, 6) is -1.26. The van der Waals surface area contributed by atoms with Crippen molar-refractivity contribution in [3.05, 3.63) is 77.4 Å². The van der Waals surface area contributed by atoms with E-state index in [1.165, 1.54) is 47.2 Å². The number of aryl methyl sites for hydroxylation is 2. The third kappa shape index (κ3) is 4.77. The molecule has 8 heteroatoms. The van der Waals surface area contributed by atoms with Gasteiger partial charge in [0.1, 0.15) is 5.82 Å². The van der Waals surface area contributed by atoms with Gasteiger partial charge >= 0.3 is 0 Å². The number of aromatic nitrogens is 2. The summed E-state index contributed by atoms with van der Waals surface area (Å²) < 4.78 is 14.8. The second-order valence-corrected chi connectivity index (χ2v) is 7.09. The second kappa shape index (κ2) is 8.71. The first kappa shape index (κ1) is 19.6. The largest absolute Gasteiger partial charge is 0.295 e. The summed E-state index contributed by atoms with van der Waals surface area (Å²) in [5, 5.41) is 0.670. The van der Waals surface area contributed by atoms with E-state index in [4.69, 9.17) is 0 Å². The number of amides is 2. The number of hydrogen-bond acceptors (Lipinski definition) is 4. The van der Waals surface area contributed by atoms with Crippen LogP contribution in [0.2, 0.25) is 0 Å². The highest BCUT2D eigenvalue weighted by atomic mass is 32.2. The van der Waals surface area contributed by atoms with Gasteiger partial charge in [-0.25, -0.2) is 9.37 Å². The molecule has 0 saturated heterocycles. The van der Waals surface area contributed by atoms with Gasteiger partial charge in [-0.1, -0.05) is 17.8 Å². The first-order valence-corrected chi connectivity index (χ1v) is 9.51. The molecule has 2 aromatic carbocycles. The van der Waals surface area contributed by atoms with Crippen LogP contribution in [-0.2, 0) is 4.79 Å². The molecule has 1 heterocycles. The van der Waals surface area contributed by atoms with E-state index >= 15 is 0 Å². The van der Waals surface area contributed by atoms with E-state index < -0.39 is 11.7 Å². The normalized spacial score (nSPS) is 10.5. The van der Waals surface area contributed by atoms with Gasteiger partial charge in [-0.3, -0.25) is 25.0 Å². The van der Waals surface area contributed by atoms with Crippen LogP contribution in [0.4, 0.5) is 4.39 Å². The molecule has 0 spiro atoms. The lowest BCUT2D eigenvalue weighted by molar-refractivity contribution is -0.119. The quantitative estimate of drug-likeness (QED) is 0.511. The number of benzene rings is 2. The van der Waals surface area contributed by atoms with Crippen molar-refractivity contribution in [1.29, 1.82) is 0 Å². The Hall–Kier alpha value is -3.13. The fraction of sp³-hybridized carbons (Fsp3) is 0.150. The Morgan fingerprint density at radius 2 is 1.82 bits per heavy atom. The Kier molecular flexibility index (Phi) is 6.10. The van der Waals surface area contributed by atoms with Gasteiger partial charge in [-0.05, 0) is 61.4 Å². The Labute approximate surface area is 166 Å². The van der Waals surface area contributed by atoms with Crippen molar-refractivity contribution in [3.8, 4) is 5.69 Å². The molecule has 0 aliphatic heterocycles. The SMILES string of the molecule is Cc1ccc(-n2ccnc2SCC(=O)NNC(=O)c2ccc(F)cc2)cc1C. The summed E-state index contributed by atoms with van der Waals surface area (Å²) in [7, 11) is 0. The minimum atomic E-state index is -0.519. The zero-order chi connectivity index (χ0) is 20.1. The highest BCUT2D eigenvalue weighted by Gasteiger charge is 2.11. The number of carbonyl (C=O) groups is 2. The molecule has 3 aromatic rings. The van der Waals surface area contributed by atoms with Crippen molar-refractivity contribution >= 4 is 23.6 Å². The van der Waals surface area contributed by atoms with Crippen LogP contribution in [0.3, 0.4) is 0 Å². The van der Waals surface area contributed by atoms with Crippen molar-refractivity contribution in [3.63, 3.8) is 0 Å². The number of halogens is 1. The summed E-state index contributed by atoms with van der Waals surface area (Å²) in [5.41, 5.74) is 8.24. The van der Waals surface area contributed by atoms with Crippen LogP contribution < -0.4 is 10.9 Å². The molecule has 0 saturated carbocycles. The van der Waals surface area contributed by atoms with E-state index in [2.05, 4.69) is 21.9 Å². The van der Waals surface area contributed by atoms with E-state index in [0.717, 1.165) is 5.69 Å². The van der Waals surface area contributed by atoms with Crippen LogP contribution in [0.5, 0.6) is 0 Å². The average molecular weight is 398 g/mol. The molecule has 0 aliphatic carbocycles. The predicted molar refractivity (Wildman–Crippen MR) is 106 cm³/mol. The van der Waals surface area contributed by atoms with Gasteiger partial charge in [0, 0.05) is 23.6 Å². The topological polar surface area (TPSA) is 76.0 Å². The number of hydrogen-bond donors (Lipinski definition) is 2. The summed E-state index contributed by atoms with van der Waals surface area (Å²) in [6.45, 7) is 4.09. The van der Waals surface area contributed by atoms with Crippen molar-refractivity contribution in [1.82, 2.24) is 20.4 Å². The molecule has 0 radical (unpaired) electrons. The van der Waals surface area contributed by atoms with Crippen LogP contribution in [0.25, 0.3) is 5.69 Å². The molecule has 28 heavy (non-hydrogen) atoms. The maximum Gasteiger partial charge on any atom is 0.269 e. The molecule has 2 amide bonds. The van der Waals surface area contributed by atoms with E-state index in [0.29, 0.717) is 5.16 Å². The van der Waals surface area contributed by atoms with E-state index in [-0.39, 0.29) is 17.2 Å². The van der Waals surface area contributed by atoms with Crippen LogP contribution in [0.1, 0.15) is 21.5 Å². The van der Waals surface area contributed by atoms with Crippen molar-refractivity contribution < 1.29 is 14.0 Å². The summed E-state index contributed by atoms with van der Waals surface area (Å²) in [6, 6.07) is 11.1. The number of carbonyl (C=O) groups excluding carboxylic acids is 2. The number of nitrogens with zero attached hydrogens (tertiary/aromatic N) is 2.